The van der Waals surface area contributed by atoms with Gasteiger partial charge < -0.3 is 10.8 Å². The summed E-state index contributed by atoms with van der Waals surface area (Å²) < 4.78 is 1.30. The predicted molar refractivity (Wildman–Crippen MR) is 105 cm³/mol. The highest BCUT2D eigenvalue weighted by atomic mass is 16.4. The van der Waals surface area contributed by atoms with E-state index in [1.54, 1.807) is 19.2 Å². The van der Waals surface area contributed by atoms with Crippen molar-refractivity contribution < 1.29 is 9.90 Å². The van der Waals surface area contributed by atoms with Gasteiger partial charge >= 0.3 is 5.97 Å². The number of nitrogen functional groups attached to an aromatic ring is 1. The number of nitrogens with zero attached hydrogens (tertiary/aromatic N) is 2. The topological polar surface area (TPSA) is 98.2 Å². The van der Waals surface area contributed by atoms with E-state index < -0.39 is 5.97 Å². The number of aromatic carboxylic acids is 1. The van der Waals surface area contributed by atoms with Crippen LogP contribution in [0.25, 0.3) is 11.1 Å². The number of carboxylic acid groups (broad SMARTS) is 1. The van der Waals surface area contributed by atoms with E-state index in [1.807, 2.05) is 37.3 Å². The summed E-state index contributed by atoms with van der Waals surface area (Å²) in [6.45, 7) is 1.98. The summed E-state index contributed by atoms with van der Waals surface area (Å²) in [4.78, 5) is 27.7. The molecule has 138 valence electrons. The van der Waals surface area contributed by atoms with Crippen molar-refractivity contribution in [1.29, 1.82) is 0 Å². The van der Waals surface area contributed by atoms with E-state index in [1.165, 1.54) is 10.6 Å². The second kappa shape index (κ2) is 7.45. The van der Waals surface area contributed by atoms with Gasteiger partial charge in [0.25, 0.3) is 5.56 Å². The van der Waals surface area contributed by atoms with Gasteiger partial charge in [0, 0.05) is 13.1 Å². The molecule has 1 heterocycles. The lowest BCUT2D eigenvalue weighted by Crippen LogP contribution is -2.21. The lowest BCUT2D eigenvalue weighted by atomic mass is 9.91. The predicted octanol–water partition coefficient (Wildman–Crippen LogP) is 2.82. The fourth-order valence-corrected chi connectivity index (χ4v) is 3.15. The molecule has 0 aliphatic heterocycles. The van der Waals surface area contributed by atoms with Crippen molar-refractivity contribution in [2.45, 2.75) is 19.8 Å². The van der Waals surface area contributed by atoms with Crippen molar-refractivity contribution in [3.05, 3.63) is 81.3 Å². The zero-order valence-electron chi connectivity index (χ0n) is 15.3. The summed E-state index contributed by atoms with van der Waals surface area (Å²) in [6, 6.07) is 14.3. The highest BCUT2D eigenvalue weighted by molar-refractivity contribution is 5.96. The second-order valence-electron chi connectivity index (χ2n) is 6.44. The molecule has 0 bridgehead atoms. The maximum atomic E-state index is 11.9. The highest BCUT2D eigenvalue weighted by Gasteiger charge is 2.14. The third-order valence-electron chi connectivity index (χ3n) is 4.77. The van der Waals surface area contributed by atoms with Gasteiger partial charge in [0.1, 0.15) is 0 Å². The van der Waals surface area contributed by atoms with E-state index in [0.717, 1.165) is 16.7 Å². The van der Waals surface area contributed by atoms with Gasteiger partial charge in [-0.15, -0.1) is 0 Å². The third kappa shape index (κ3) is 3.74. The number of aryl methyl sites for hydroxylation is 2. The van der Waals surface area contributed by atoms with Crippen LogP contribution in [0, 0.1) is 6.92 Å². The number of carbonyl (C=O) groups is 1. The molecule has 0 spiro atoms. The van der Waals surface area contributed by atoms with Crippen molar-refractivity contribution in [2.75, 3.05) is 5.73 Å². The Hall–Kier alpha value is -3.41. The molecule has 0 aliphatic carbocycles. The van der Waals surface area contributed by atoms with Crippen LogP contribution in [-0.2, 0) is 19.9 Å². The van der Waals surface area contributed by atoms with Crippen LogP contribution < -0.4 is 11.3 Å². The quantitative estimate of drug-likeness (QED) is 0.726. The molecule has 27 heavy (non-hydrogen) atoms. The van der Waals surface area contributed by atoms with Crippen LogP contribution in [0.15, 0.2) is 53.3 Å². The van der Waals surface area contributed by atoms with E-state index in [4.69, 9.17) is 5.73 Å². The van der Waals surface area contributed by atoms with Crippen LogP contribution in [0.2, 0.25) is 0 Å². The van der Waals surface area contributed by atoms with Crippen LogP contribution >= 0.6 is 0 Å². The number of hydrogen-bond acceptors (Lipinski definition) is 4. The smallest absolute Gasteiger partial charge is 0.336 e. The van der Waals surface area contributed by atoms with E-state index in [2.05, 4.69) is 4.98 Å². The molecule has 1 aromatic heterocycles. The van der Waals surface area contributed by atoms with Gasteiger partial charge in [-0.25, -0.2) is 9.78 Å². The Balaban J connectivity index is 1.93. The van der Waals surface area contributed by atoms with Crippen LogP contribution in [-0.4, -0.2) is 20.6 Å². The van der Waals surface area contributed by atoms with Gasteiger partial charge in [0.15, 0.2) is 0 Å². The monoisotopic (exact) mass is 363 g/mol. The first-order valence-electron chi connectivity index (χ1n) is 8.62. The molecule has 3 N–H and O–H groups in total. The maximum Gasteiger partial charge on any atom is 0.336 e. The third-order valence-corrected chi connectivity index (χ3v) is 4.77. The Labute approximate surface area is 156 Å². The average Bonchev–Trinajstić information content (AvgIpc) is 2.65. The molecule has 0 fully saturated rings. The summed E-state index contributed by atoms with van der Waals surface area (Å²) in [7, 11) is 1.59. The minimum atomic E-state index is -0.949. The summed E-state index contributed by atoms with van der Waals surface area (Å²) >= 11 is 0. The standard InChI is InChI=1S/C21H21N3O3/c1-13-14(10-11-15-12-19(25)24(2)21(22)23-15)6-5-9-16(13)17-7-3-4-8-18(17)20(26)27/h3-9,12H,10-11H2,1-2H3,(H2,22,23)(H,26,27). The molecule has 3 rings (SSSR count). The van der Waals surface area contributed by atoms with Crippen molar-refractivity contribution in [1.82, 2.24) is 9.55 Å². The first-order chi connectivity index (χ1) is 12.9. The summed E-state index contributed by atoms with van der Waals surface area (Å²) in [5.74, 6) is -0.756. The van der Waals surface area contributed by atoms with Crippen LogP contribution in [0.5, 0.6) is 0 Å². The molecule has 0 aliphatic rings. The fraction of sp³-hybridized carbons (Fsp3) is 0.190. The number of nitrogens with two attached hydrogens (primary N) is 1. The van der Waals surface area contributed by atoms with Crippen molar-refractivity contribution in [3.8, 4) is 11.1 Å². The number of rotatable bonds is 5. The molecule has 2 aromatic carbocycles. The molecular formula is C21H21N3O3. The SMILES string of the molecule is Cc1c(CCc2cc(=O)n(C)c(N)n2)cccc1-c1ccccc1C(=O)O. The van der Waals surface area contributed by atoms with Gasteiger partial charge in [0.2, 0.25) is 5.95 Å². The number of anilines is 1. The summed E-state index contributed by atoms with van der Waals surface area (Å²) in [5, 5.41) is 9.46. The van der Waals surface area contributed by atoms with Crippen LogP contribution in [0.3, 0.4) is 0 Å². The number of benzene rings is 2. The lowest BCUT2D eigenvalue weighted by molar-refractivity contribution is 0.0697. The van der Waals surface area contributed by atoms with Crippen molar-refractivity contribution in [2.24, 2.45) is 7.05 Å². The molecule has 0 amide bonds. The molecule has 6 heteroatoms. The molecule has 0 radical (unpaired) electrons. The highest BCUT2D eigenvalue weighted by Crippen LogP contribution is 2.29. The number of aromatic nitrogens is 2. The van der Waals surface area contributed by atoms with Gasteiger partial charge in [0.05, 0.1) is 11.3 Å². The summed E-state index contributed by atoms with van der Waals surface area (Å²) in [5.41, 5.74) is 10.2. The molecule has 0 unspecified atom stereocenters. The average molecular weight is 363 g/mol. The Morgan fingerprint density at radius 3 is 2.52 bits per heavy atom. The largest absolute Gasteiger partial charge is 0.478 e. The lowest BCUT2D eigenvalue weighted by Gasteiger charge is -2.13. The normalized spacial score (nSPS) is 10.7. The van der Waals surface area contributed by atoms with Crippen molar-refractivity contribution in [3.63, 3.8) is 0 Å². The first-order valence-corrected chi connectivity index (χ1v) is 8.62. The van der Waals surface area contributed by atoms with E-state index in [0.29, 0.717) is 24.1 Å². The Kier molecular flexibility index (Phi) is 5.07. The zero-order valence-corrected chi connectivity index (χ0v) is 15.3. The molecule has 0 saturated heterocycles. The molecular weight excluding hydrogens is 342 g/mol. The van der Waals surface area contributed by atoms with Gasteiger partial charge in [-0.3, -0.25) is 9.36 Å². The zero-order chi connectivity index (χ0) is 19.6. The van der Waals surface area contributed by atoms with Gasteiger partial charge in [-0.05, 0) is 48.1 Å². The fourth-order valence-electron chi connectivity index (χ4n) is 3.15. The van der Waals surface area contributed by atoms with E-state index in [-0.39, 0.29) is 17.1 Å². The van der Waals surface area contributed by atoms with Gasteiger partial charge in [-0.2, -0.15) is 0 Å². The second-order valence-corrected chi connectivity index (χ2v) is 6.44. The maximum absolute atomic E-state index is 11.9. The van der Waals surface area contributed by atoms with Crippen LogP contribution in [0.1, 0.15) is 27.2 Å². The van der Waals surface area contributed by atoms with Crippen LogP contribution in [0.4, 0.5) is 5.95 Å². The summed E-state index contributed by atoms with van der Waals surface area (Å²) in [6.07, 6.45) is 1.25. The van der Waals surface area contributed by atoms with E-state index >= 15 is 0 Å². The minimum Gasteiger partial charge on any atom is -0.478 e. The minimum absolute atomic E-state index is 0.182. The number of hydrogen-bond donors (Lipinski definition) is 2. The molecule has 0 atom stereocenters. The molecule has 0 saturated carbocycles. The Morgan fingerprint density at radius 2 is 1.81 bits per heavy atom. The first kappa shape index (κ1) is 18.4. The Bertz CT molecular complexity index is 1070. The number of carboxylic acids is 1. The Morgan fingerprint density at radius 1 is 1.11 bits per heavy atom. The van der Waals surface area contributed by atoms with E-state index in [9.17, 15) is 14.7 Å². The van der Waals surface area contributed by atoms with Gasteiger partial charge in [-0.1, -0.05) is 36.4 Å². The molecule has 6 nitrogen and oxygen atoms in total. The van der Waals surface area contributed by atoms with Crippen molar-refractivity contribution >= 4 is 11.9 Å². The molecule has 3 aromatic rings.